The van der Waals surface area contributed by atoms with Crippen LogP contribution < -0.4 is 5.32 Å². The maximum absolute atomic E-state index is 13.0. The van der Waals surface area contributed by atoms with Gasteiger partial charge in [0.2, 0.25) is 0 Å². The smallest absolute Gasteiger partial charge is 0.258 e. The molecule has 0 spiro atoms. The Kier molecular flexibility index (Phi) is 5.15. The van der Waals surface area contributed by atoms with E-state index in [1.807, 2.05) is 17.0 Å². The number of carbonyl (C=O) groups excluding carboxylic acids is 1. The Morgan fingerprint density at radius 1 is 1.17 bits per heavy atom. The van der Waals surface area contributed by atoms with Crippen molar-refractivity contribution < 1.29 is 4.79 Å². The van der Waals surface area contributed by atoms with Gasteiger partial charge in [0.1, 0.15) is 0 Å². The Balaban J connectivity index is 1.65. The van der Waals surface area contributed by atoms with E-state index < -0.39 is 0 Å². The van der Waals surface area contributed by atoms with Crippen molar-refractivity contribution in [3.05, 3.63) is 70.0 Å². The summed E-state index contributed by atoms with van der Waals surface area (Å²) in [4.78, 5) is 22.1. The van der Waals surface area contributed by atoms with Crippen LogP contribution in [0.3, 0.4) is 0 Å². The molecule has 0 bridgehead atoms. The molecule has 0 radical (unpaired) electrons. The minimum absolute atomic E-state index is 0.194. The van der Waals surface area contributed by atoms with E-state index in [9.17, 15) is 4.79 Å². The number of nitrogens with zero attached hydrogens (tertiary/aromatic N) is 4. The number of hydrogen-bond acceptors (Lipinski definition) is 5. The lowest BCUT2D eigenvalue weighted by molar-refractivity contribution is 0.102. The van der Waals surface area contributed by atoms with Crippen molar-refractivity contribution in [1.29, 1.82) is 0 Å². The Morgan fingerprint density at radius 2 is 1.93 bits per heavy atom. The van der Waals surface area contributed by atoms with E-state index in [0.717, 1.165) is 22.3 Å². The average Bonchev–Trinajstić information content (AvgIpc) is 3.30. The zero-order valence-electron chi connectivity index (χ0n) is 16.9. The third-order valence-electron chi connectivity index (χ3n) is 4.77. The molecule has 4 aromatic rings. The van der Waals surface area contributed by atoms with Crippen molar-refractivity contribution >= 4 is 33.4 Å². The summed E-state index contributed by atoms with van der Waals surface area (Å²) in [5.74, 6) is 0.131. The van der Waals surface area contributed by atoms with Gasteiger partial charge < -0.3 is 0 Å². The predicted molar refractivity (Wildman–Crippen MR) is 117 cm³/mol. The number of benzene rings is 1. The van der Waals surface area contributed by atoms with Crippen LogP contribution in [0.4, 0.5) is 5.13 Å². The van der Waals surface area contributed by atoms with E-state index in [4.69, 9.17) is 0 Å². The summed E-state index contributed by atoms with van der Waals surface area (Å²) < 4.78 is 1.84. The molecule has 0 saturated carbocycles. The summed E-state index contributed by atoms with van der Waals surface area (Å²) in [6, 6.07) is 10.1. The van der Waals surface area contributed by atoms with Gasteiger partial charge in [0.05, 0.1) is 29.4 Å². The lowest BCUT2D eigenvalue weighted by atomic mass is 10.1. The fourth-order valence-corrected chi connectivity index (χ4v) is 3.98. The van der Waals surface area contributed by atoms with Crippen LogP contribution in [0.5, 0.6) is 0 Å². The molecule has 148 valence electrons. The van der Waals surface area contributed by atoms with Crippen LogP contribution in [0.15, 0.2) is 41.9 Å². The first kappa shape index (κ1) is 19.3. The fraction of sp³-hybridized carbons (Fsp3) is 0.273. The highest BCUT2D eigenvalue weighted by molar-refractivity contribution is 7.14. The number of aryl methyl sites for hydroxylation is 2. The van der Waals surface area contributed by atoms with Crippen LogP contribution >= 0.6 is 11.3 Å². The third kappa shape index (κ3) is 4.05. The van der Waals surface area contributed by atoms with Crippen LogP contribution in [0, 0.1) is 13.8 Å². The third-order valence-corrected chi connectivity index (χ3v) is 5.54. The SMILES string of the molecule is Cc1ccc(Cn2ncc3c(C(=O)Nc4nc(C(C)C)cs4)cc(C)nc32)cc1. The van der Waals surface area contributed by atoms with E-state index in [2.05, 4.69) is 65.4 Å². The van der Waals surface area contributed by atoms with Gasteiger partial charge in [-0.05, 0) is 31.4 Å². The van der Waals surface area contributed by atoms with Gasteiger partial charge in [-0.3, -0.25) is 10.1 Å². The second-order valence-corrected chi connectivity index (χ2v) is 8.38. The van der Waals surface area contributed by atoms with Gasteiger partial charge in [-0.2, -0.15) is 5.10 Å². The normalized spacial score (nSPS) is 11.3. The van der Waals surface area contributed by atoms with E-state index >= 15 is 0 Å². The van der Waals surface area contributed by atoms with Crippen molar-refractivity contribution in [2.75, 3.05) is 5.32 Å². The lowest BCUT2D eigenvalue weighted by Crippen LogP contribution is -2.13. The zero-order chi connectivity index (χ0) is 20.5. The average molecular weight is 406 g/mol. The maximum Gasteiger partial charge on any atom is 0.258 e. The minimum atomic E-state index is -0.194. The highest BCUT2D eigenvalue weighted by Gasteiger charge is 2.17. The van der Waals surface area contributed by atoms with E-state index in [1.54, 1.807) is 12.3 Å². The second kappa shape index (κ2) is 7.75. The summed E-state index contributed by atoms with van der Waals surface area (Å²) in [5, 5.41) is 10.7. The van der Waals surface area contributed by atoms with Gasteiger partial charge in [-0.25, -0.2) is 14.6 Å². The Labute approximate surface area is 173 Å². The molecule has 1 N–H and O–H groups in total. The van der Waals surface area contributed by atoms with Gasteiger partial charge in [0.15, 0.2) is 10.8 Å². The molecule has 7 heteroatoms. The number of fused-ring (bicyclic) bond motifs is 1. The van der Waals surface area contributed by atoms with Crippen molar-refractivity contribution in [3.63, 3.8) is 0 Å². The molecule has 1 aromatic carbocycles. The van der Waals surface area contributed by atoms with E-state index in [1.165, 1.54) is 16.9 Å². The molecule has 3 aromatic heterocycles. The van der Waals surface area contributed by atoms with Gasteiger partial charge in [-0.1, -0.05) is 43.7 Å². The summed E-state index contributed by atoms with van der Waals surface area (Å²) >= 11 is 1.44. The topological polar surface area (TPSA) is 72.7 Å². The Hall–Kier alpha value is -3.06. The van der Waals surface area contributed by atoms with Crippen LogP contribution in [0.2, 0.25) is 0 Å². The predicted octanol–water partition coefficient (Wildman–Crippen LogP) is 4.93. The van der Waals surface area contributed by atoms with Crippen molar-refractivity contribution in [3.8, 4) is 0 Å². The minimum Gasteiger partial charge on any atom is -0.298 e. The molecule has 0 unspecified atom stereocenters. The quantitative estimate of drug-likeness (QED) is 0.511. The van der Waals surface area contributed by atoms with Crippen LogP contribution in [-0.4, -0.2) is 25.7 Å². The molecule has 4 rings (SSSR count). The molecular formula is C22H23N5OS. The number of carbonyl (C=O) groups is 1. The number of anilines is 1. The first-order valence-electron chi connectivity index (χ1n) is 9.56. The van der Waals surface area contributed by atoms with Gasteiger partial charge in [0, 0.05) is 11.1 Å². The summed E-state index contributed by atoms with van der Waals surface area (Å²) in [7, 11) is 0. The zero-order valence-corrected chi connectivity index (χ0v) is 17.7. The fourth-order valence-electron chi connectivity index (χ4n) is 3.12. The van der Waals surface area contributed by atoms with Crippen molar-refractivity contribution in [2.45, 2.75) is 40.2 Å². The summed E-state index contributed by atoms with van der Waals surface area (Å²) in [5.41, 5.74) is 5.37. The van der Waals surface area contributed by atoms with E-state index in [0.29, 0.717) is 28.8 Å². The van der Waals surface area contributed by atoms with Crippen LogP contribution in [-0.2, 0) is 6.54 Å². The van der Waals surface area contributed by atoms with Crippen LogP contribution in [0.25, 0.3) is 11.0 Å². The van der Waals surface area contributed by atoms with Gasteiger partial charge in [0.25, 0.3) is 5.91 Å². The largest absolute Gasteiger partial charge is 0.298 e. The molecule has 3 heterocycles. The molecule has 29 heavy (non-hydrogen) atoms. The van der Waals surface area contributed by atoms with Crippen LogP contribution in [0.1, 0.15) is 52.6 Å². The lowest BCUT2D eigenvalue weighted by Gasteiger charge is -2.07. The number of thiazole rings is 1. The molecule has 0 aliphatic heterocycles. The number of pyridine rings is 1. The number of amides is 1. The highest BCUT2D eigenvalue weighted by atomic mass is 32.1. The molecule has 0 fully saturated rings. The molecule has 1 amide bonds. The Morgan fingerprint density at radius 3 is 2.62 bits per heavy atom. The number of aromatic nitrogens is 4. The maximum atomic E-state index is 13.0. The monoisotopic (exact) mass is 405 g/mol. The highest BCUT2D eigenvalue weighted by Crippen LogP contribution is 2.24. The first-order chi connectivity index (χ1) is 13.9. The molecule has 0 aliphatic carbocycles. The second-order valence-electron chi connectivity index (χ2n) is 7.52. The Bertz CT molecular complexity index is 1170. The number of rotatable bonds is 5. The molecule has 0 aliphatic rings. The summed E-state index contributed by atoms with van der Waals surface area (Å²) in [6.45, 7) is 8.72. The molecule has 6 nitrogen and oxygen atoms in total. The summed E-state index contributed by atoms with van der Waals surface area (Å²) in [6.07, 6.45) is 1.71. The number of hydrogen-bond donors (Lipinski definition) is 1. The standard InChI is InChI=1S/C22H23N5OS/c1-13(2)19-12-29-22(25-19)26-21(28)17-9-15(4)24-20-18(17)10-23-27(20)11-16-7-5-14(3)6-8-16/h5-10,12-13H,11H2,1-4H3,(H,25,26,28). The number of nitrogens with one attached hydrogen (secondary N) is 1. The van der Waals surface area contributed by atoms with Gasteiger partial charge in [-0.15, -0.1) is 11.3 Å². The van der Waals surface area contributed by atoms with Crippen molar-refractivity contribution in [2.24, 2.45) is 0 Å². The van der Waals surface area contributed by atoms with Crippen molar-refractivity contribution in [1.82, 2.24) is 19.7 Å². The van der Waals surface area contributed by atoms with Gasteiger partial charge >= 0.3 is 0 Å². The molecule has 0 atom stereocenters. The van der Waals surface area contributed by atoms with E-state index in [-0.39, 0.29) is 5.91 Å². The molecule has 0 saturated heterocycles. The molecular weight excluding hydrogens is 382 g/mol. The first-order valence-corrected chi connectivity index (χ1v) is 10.4.